The van der Waals surface area contributed by atoms with Gasteiger partial charge in [0.1, 0.15) is 0 Å². The van der Waals surface area contributed by atoms with Gasteiger partial charge in [-0.05, 0) is 37.5 Å². The normalized spacial score (nSPS) is 25.5. The minimum absolute atomic E-state index is 0.0707. The number of carbonyl (C=O) groups excluding carboxylic acids is 1. The number of hydrogen-bond donors (Lipinski definition) is 1. The molecule has 1 fully saturated rings. The van der Waals surface area contributed by atoms with Gasteiger partial charge in [-0.15, -0.1) is 0 Å². The number of carboxylic acid groups (broad SMARTS) is 1. The highest BCUT2D eigenvalue weighted by Crippen LogP contribution is 2.27. The molecule has 0 radical (unpaired) electrons. The average molecular weight is 255 g/mol. The Kier molecular flexibility index (Phi) is 5.63. The van der Waals surface area contributed by atoms with E-state index in [9.17, 15) is 9.59 Å². The van der Waals surface area contributed by atoms with Gasteiger partial charge in [-0.3, -0.25) is 9.59 Å². The van der Waals surface area contributed by atoms with Gasteiger partial charge in [-0.25, -0.2) is 0 Å². The zero-order chi connectivity index (χ0) is 13.7. The third kappa shape index (κ3) is 4.67. The van der Waals surface area contributed by atoms with Crippen LogP contribution in [-0.4, -0.2) is 35.0 Å². The van der Waals surface area contributed by atoms with Crippen LogP contribution in [0.25, 0.3) is 0 Å². The Morgan fingerprint density at radius 3 is 2.28 bits per heavy atom. The van der Waals surface area contributed by atoms with Gasteiger partial charge in [-0.2, -0.15) is 0 Å². The molecule has 0 aromatic heterocycles. The van der Waals surface area contributed by atoms with Crippen molar-refractivity contribution in [2.75, 3.05) is 7.05 Å². The molecular formula is C14H25NO3. The molecule has 0 aliphatic heterocycles. The van der Waals surface area contributed by atoms with E-state index in [1.165, 1.54) is 12.8 Å². The minimum Gasteiger partial charge on any atom is -0.481 e. The molecule has 1 rings (SSSR count). The lowest BCUT2D eigenvalue weighted by Gasteiger charge is -2.34. The number of carboxylic acids is 1. The SMILES string of the molecule is CC1CCC(N(C)C(=O)CC(C)CC(=O)O)CC1. The van der Waals surface area contributed by atoms with Crippen LogP contribution in [-0.2, 0) is 9.59 Å². The number of amides is 1. The number of rotatable bonds is 5. The molecule has 0 aromatic rings. The Morgan fingerprint density at radius 1 is 1.22 bits per heavy atom. The van der Waals surface area contributed by atoms with Crippen LogP contribution >= 0.6 is 0 Å². The van der Waals surface area contributed by atoms with Crippen LogP contribution in [0.15, 0.2) is 0 Å². The molecule has 0 saturated heterocycles. The van der Waals surface area contributed by atoms with Crippen LogP contribution < -0.4 is 0 Å². The first kappa shape index (κ1) is 15.0. The topological polar surface area (TPSA) is 57.6 Å². The van der Waals surface area contributed by atoms with E-state index in [2.05, 4.69) is 6.92 Å². The Labute approximate surface area is 109 Å². The molecule has 1 saturated carbocycles. The molecule has 0 spiro atoms. The second-order valence-corrected chi connectivity index (χ2v) is 5.83. The maximum absolute atomic E-state index is 12.0. The first-order valence-electron chi connectivity index (χ1n) is 6.87. The summed E-state index contributed by atoms with van der Waals surface area (Å²) in [6, 6.07) is 0.353. The predicted octanol–water partition coefficient (Wildman–Crippen LogP) is 2.52. The van der Waals surface area contributed by atoms with Gasteiger partial charge >= 0.3 is 5.97 Å². The third-order valence-electron chi connectivity index (χ3n) is 3.97. The molecule has 4 heteroatoms. The first-order chi connectivity index (χ1) is 8.40. The van der Waals surface area contributed by atoms with Gasteiger partial charge in [-0.1, -0.05) is 13.8 Å². The van der Waals surface area contributed by atoms with Crippen molar-refractivity contribution in [3.8, 4) is 0 Å². The van der Waals surface area contributed by atoms with Crippen molar-refractivity contribution in [3.05, 3.63) is 0 Å². The van der Waals surface area contributed by atoms with Crippen LogP contribution in [0.1, 0.15) is 52.4 Å². The fourth-order valence-electron chi connectivity index (χ4n) is 2.65. The average Bonchev–Trinajstić information content (AvgIpc) is 2.27. The van der Waals surface area contributed by atoms with Gasteiger partial charge in [0.25, 0.3) is 0 Å². The summed E-state index contributed by atoms with van der Waals surface area (Å²) in [4.78, 5) is 24.5. The molecule has 1 aliphatic carbocycles. The van der Waals surface area contributed by atoms with E-state index in [1.54, 1.807) is 0 Å². The number of aliphatic carboxylic acids is 1. The standard InChI is InChI=1S/C14H25NO3/c1-10-4-6-12(7-5-10)15(3)13(16)8-11(2)9-14(17)18/h10-12H,4-9H2,1-3H3,(H,17,18). The Hall–Kier alpha value is -1.06. The molecule has 104 valence electrons. The Balaban J connectivity index is 2.38. The second-order valence-electron chi connectivity index (χ2n) is 5.83. The summed E-state index contributed by atoms with van der Waals surface area (Å²) in [5, 5.41) is 8.69. The summed E-state index contributed by atoms with van der Waals surface area (Å²) in [6.07, 6.45) is 4.95. The van der Waals surface area contributed by atoms with Gasteiger partial charge in [0, 0.05) is 25.9 Å². The smallest absolute Gasteiger partial charge is 0.303 e. The highest BCUT2D eigenvalue weighted by molar-refractivity contribution is 5.77. The molecule has 0 aromatic carbocycles. The quantitative estimate of drug-likeness (QED) is 0.821. The molecule has 1 N–H and O–H groups in total. The minimum atomic E-state index is -0.829. The molecular weight excluding hydrogens is 230 g/mol. The fourth-order valence-corrected chi connectivity index (χ4v) is 2.65. The number of hydrogen-bond acceptors (Lipinski definition) is 2. The van der Waals surface area contributed by atoms with Gasteiger partial charge < -0.3 is 10.0 Å². The van der Waals surface area contributed by atoms with Crippen molar-refractivity contribution in [3.63, 3.8) is 0 Å². The van der Waals surface area contributed by atoms with Crippen LogP contribution in [0.3, 0.4) is 0 Å². The summed E-state index contributed by atoms with van der Waals surface area (Å²) in [7, 11) is 1.86. The molecule has 1 unspecified atom stereocenters. The van der Waals surface area contributed by atoms with Crippen molar-refractivity contribution in [2.24, 2.45) is 11.8 Å². The van der Waals surface area contributed by atoms with E-state index in [1.807, 2.05) is 18.9 Å². The molecule has 18 heavy (non-hydrogen) atoms. The zero-order valence-corrected chi connectivity index (χ0v) is 11.7. The lowest BCUT2D eigenvalue weighted by atomic mass is 9.86. The lowest BCUT2D eigenvalue weighted by Crippen LogP contribution is -2.39. The van der Waals surface area contributed by atoms with Crippen molar-refractivity contribution in [1.82, 2.24) is 4.90 Å². The van der Waals surface area contributed by atoms with E-state index in [0.717, 1.165) is 18.8 Å². The maximum Gasteiger partial charge on any atom is 0.303 e. The van der Waals surface area contributed by atoms with Gasteiger partial charge in [0.05, 0.1) is 0 Å². The van der Waals surface area contributed by atoms with Crippen LogP contribution in [0.2, 0.25) is 0 Å². The summed E-state index contributed by atoms with van der Waals surface area (Å²) < 4.78 is 0. The fraction of sp³-hybridized carbons (Fsp3) is 0.857. The van der Waals surface area contributed by atoms with Crippen molar-refractivity contribution in [2.45, 2.75) is 58.4 Å². The van der Waals surface area contributed by atoms with Crippen molar-refractivity contribution in [1.29, 1.82) is 0 Å². The van der Waals surface area contributed by atoms with E-state index < -0.39 is 5.97 Å². The highest BCUT2D eigenvalue weighted by Gasteiger charge is 2.25. The van der Waals surface area contributed by atoms with Crippen LogP contribution in [0.5, 0.6) is 0 Å². The Bertz CT molecular complexity index is 295. The maximum atomic E-state index is 12.0. The molecule has 1 amide bonds. The molecule has 1 atom stereocenters. The van der Waals surface area contributed by atoms with Crippen LogP contribution in [0, 0.1) is 11.8 Å². The Morgan fingerprint density at radius 2 is 1.78 bits per heavy atom. The number of nitrogens with zero attached hydrogens (tertiary/aromatic N) is 1. The molecule has 0 heterocycles. The summed E-state index contributed by atoms with van der Waals surface area (Å²) in [5.74, 6) is -0.0524. The largest absolute Gasteiger partial charge is 0.481 e. The second kappa shape index (κ2) is 6.76. The predicted molar refractivity (Wildman–Crippen MR) is 70.2 cm³/mol. The highest BCUT2D eigenvalue weighted by atomic mass is 16.4. The number of carbonyl (C=O) groups is 2. The van der Waals surface area contributed by atoms with E-state index >= 15 is 0 Å². The molecule has 1 aliphatic rings. The molecule has 4 nitrogen and oxygen atoms in total. The summed E-state index contributed by atoms with van der Waals surface area (Å²) in [6.45, 7) is 4.08. The summed E-state index contributed by atoms with van der Waals surface area (Å²) >= 11 is 0. The van der Waals surface area contributed by atoms with E-state index in [-0.39, 0.29) is 18.2 Å². The van der Waals surface area contributed by atoms with E-state index in [4.69, 9.17) is 5.11 Å². The van der Waals surface area contributed by atoms with Crippen molar-refractivity contribution >= 4 is 11.9 Å². The van der Waals surface area contributed by atoms with Crippen LogP contribution in [0.4, 0.5) is 0 Å². The first-order valence-corrected chi connectivity index (χ1v) is 6.87. The van der Waals surface area contributed by atoms with Gasteiger partial charge in [0.2, 0.25) is 5.91 Å². The lowest BCUT2D eigenvalue weighted by molar-refractivity contribution is -0.138. The van der Waals surface area contributed by atoms with E-state index in [0.29, 0.717) is 12.5 Å². The summed E-state index contributed by atoms with van der Waals surface area (Å²) in [5.41, 5.74) is 0. The molecule has 0 bridgehead atoms. The third-order valence-corrected chi connectivity index (χ3v) is 3.97. The van der Waals surface area contributed by atoms with Crippen molar-refractivity contribution < 1.29 is 14.7 Å². The van der Waals surface area contributed by atoms with Gasteiger partial charge in [0.15, 0.2) is 0 Å². The zero-order valence-electron chi connectivity index (χ0n) is 11.7. The monoisotopic (exact) mass is 255 g/mol.